The summed E-state index contributed by atoms with van der Waals surface area (Å²) in [5.41, 5.74) is -0.617. The Kier molecular flexibility index (Phi) is 4.42. The van der Waals surface area contributed by atoms with Crippen LogP contribution < -0.4 is 10.1 Å². The van der Waals surface area contributed by atoms with Gasteiger partial charge >= 0.3 is 6.61 Å². The van der Waals surface area contributed by atoms with E-state index in [-0.39, 0.29) is 11.3 Å². The van der Waals surface area contributed by atoms with Gasteiger partial charge in [-0.3, -0.25) is 4.79 Å². The van der Waals surface area contributed by atoms with Crippen LogP contribution in [0.5, 0.6) is 5.75 Å². The molecule has 0 unspecified atom stereocenters. The Morgan fingerprint density at radius 2 is 1.81 bits per heavy atom. The number of halogens is 4. The molecule has 110 valence electrons. The largest absolute Gasteiger partial charge is 0.434 e. The van der Waals surface area contributed by atoms with Crippen LogP contribution in [0.15, 0.2) is 42.5 Å². The van der Waals surface area contributed by atoms with Crippen molar-refractivity contribution in [1.82, 2.24) is 0 Å². The maximum absolute atomic E-state index is 13.4. The Morgan fingerprint density at radius 3 is 2.52 bits per heavy atom. The van der Waals surface area contributed by atoms with Crippen molar-refractivity contribution in [1.29, 1.82) is 0 Å². The van der Waals surface area contributed by atoms with Crippen LogP contribution in [0.2, 0.25) is 0 Å². The molecule has 0 fully saturated rings. The van der Waals surface area contributed by atoms with Crippen molar-refractivity contribution < 1.29 is 27.1 Å². The molecule has 0 aliphatic carbocycles. The summed E-state index contributed by atoms with van der Waals surface area (Å²) in [4.78, 5) is 12.0. The molecule has 2 aromatic carbocycles. The summed E-state index contributed by atoms with van der Waals surface area (Å²) >= 11 is 0. The van der Waals surface area contributed by atoms with Crippen LogP contribution in [-0.4, -0.2) is 12.5 Å². The highest BCUT2D eigenvalue weighted by molar-refractivity contribution is 6.06. The first-order valence-electron chi connectivity index (χ1n) is 5.77. The minimum Gasteiger partial charge on any atom is -0.434 e. The van der Waals surface area contributed by atoms with E-state index in [0.717, 1.165) is 18.2 Å². The predicted molar refractivity (Wildman–Crippen MR) is 67.4 cm³/mol. The number of rotatable bonds is 4. The number of hydrogen-bond acceptors (Lipinski definition) is 2. The van der Waals surface area contributed by atoms with Crippen LogP contribution in [0.3, 0.4) is 0 Å². The van der Waals surface area contributed by atoms with Crippen LogP contribution in [0.4, 0.5) is 23.2 Å². The Balaban J connectivity index is 2.26. The summed E-state index contributed by atoms with van der Waals surface area (Å²) in [6.45, 7) is -3.11. The predicted octanol–water partition coefficient (Wildman–Crippen LogP) is 3.82. The highest BCUT2D eigenvalue weighted by atomic mass is 19.3. The monoisotopic (exact) mass is 299 g/mol. The maximum Gasteiger partial charge on any atom is 0.387 e. The summed E-state index contributed by atoms with van der Waals surface area (Å²) in [5.74, 6) is -2.85. The first-order valence-corrected chi connectivity index (χ1v) is 5.77. The molecule has 0 spiro atoms. The molecule has 0 aliphatic rings. The van der Waals surface area contributed by atoms with Gasteiger partial charge in [0, 0.05) is 6.07 Å². The molecule has 0 saturated heterocycles. The lowest BCUT2D eigenvalue weighted by Crippen LogP contribution is -2.15. The Morgan fingerprint density at radius 1 is 1.10 bits per heavy atom. The number of amides is 1. The zero-order valence-corrected chi connectivity index (χ0v) is 10.4. The standard InChI is InChI=1S/C14H9F4NO2/c15-8-5-6-10(16)11(7-8)19-13(20)9-3-1-2-4-12(9)21-14(17)18/h1-7,14H,(H,19,20). The van der Waals surface area contributed by atoms with E-state index in [0.29, 0.717) is 0 Å². The second-order valence-electron chi connectivity index (χ2n) is 3.95. The van der Waals surface area contributed by atoms with E-state index in [2.05, 4.69) is 10.1 Å². The second-order valence-corrected chi connectivity index (χ2v) is 3.95. The van der Waals surface area contributed by atoms with Crippen LogP contribution in [0, 0.1) is 11.6 Å². The number of nitrogens with one attached hydrogen (secondary N) is 1. The molecule has 7 heteroatoms. The normalized spacial score (nSPS) is 10.5. The van der Waals surface area contributed by atoms with Crippen molar-refractivity contribution in [3.05, 3.63) is 59.7 Å². The number of hydrogen-bond donors (Lipinski definition) is 1. The van der Waals surface area contributed by atoms with Gasteiger partial charge < -0.3 is 10.1 Å². The number of carbonyl (C=O) groups excluding carboxylic acids is 1. The summed E-state index contributed by atoms with van der Waals surface area (Å²) in [6, 6.07) is 7.73. The Hall–Kier alpha value is -2.57. The van der Waals surface area contributed by atoms with E-state index >= 15 is 0 Å². The zero-order valence-electron chi connectivity index (χ0n) is 10.4. The number of ether oxygens (including phenoxy) is 1. The van der Waals surface area contributed by atoms with Crippen molar-refractivity contribution in [3.8, 4) is 5.75 Å². The van der Waals surface area contributed by atoms with Gasteiger partial charge in [0.2, 0.25) is 0 Å². The summed E-state index contributed by atoms with van der Waals surface area (Å²) < 4.78 is 55.1. The fourth-order valence-corrected chi connectivity index (χ4v) is 1.64. The van der Waals surface area contributed by atoms with E-state index in [4.69, 9.17) is 0 Å². The molecule has 0 bridgehead atoms. The van der Waals surface area contributed by atoms with Crippen molar-refractivity contribution in [2.45, 2.75) is 6.61 Å². The van der Waals surface area contributed by atoms with Gasteiger partial charge in [-0.25, -0.2) is 8.78 Å². The number of benzene rings is 2. The average molecular weight is 299 g/mol. The van der Waals surface area contributed by atoms with Gasteiger partial charge in [0.05, 0.1) is 11.3 Å². The van der Waals surface area contributed by atoms with Gasteiger partial charge in [0.25, 0.3) is 5.91 Å². The van der Waals surface area contributed by atoms with Crippen molar-refractivity contribution in [2.24, 2.45) is 0 Å². The highest BCUT2D eigenvalue weighted by Crippen LogP contribution is 2.23. The molecular weight excluding hydrogens is 290 g/mol. The molecule has 3 nitrogen and oxygen atoms in total. The van der Waals surface area contributed by atoms with Gasteiger partial charge in [-0.15, -0.1) is 0 Å². The third-order valence-electron chi connectivity index (χ3n) is 2.52. The van der Waals surface area contributed by atoms with Crippen molar-refractivity contribution in [2.75, 3.05) is 5.32 Å². The summed E-state index contributed by atoms with van der Waals surface area (Å²) in [7, 11) is 0. The first kappa shape index (κ1) is 14.8. The van der Waals surface area contributed by atoms with E-state index in [1.807, 2.05) is 0 Å². The third-order valence-corrected chi connectivity index (χ3v) is 2.52. The lowest BCUT2D eigenvalue weighted by atomic mass is 10.2. The SMILES string of the molecule is O=C(Nc1cc(F)ccc1F)c1ccccc1OC(F)F. The van der Waals surface area contributed by atoms with E-state index in [1.54, 1.807) is 0 Å². The third kappa shape index (κ3) is 3.71. The number of anilines is 1. The van der Waals surface area contributed by atoms with Crippen molar-refractivity contribution >= 4 is 11.6 Å². The number of alkyl halides is 2. The molecule has 0 aliphatic heterocycles. The lowest BCUT2D eigenvalue weighted by Gasteiger charge is -2.11. The second kappa shape index (κ2) is 6.25. The highest BCUT2D eigenvalue weighted by Gasteiger charge is 2.16. The summed E-state index contributed by atoms with van der Waals surface area (Å²) in [6.07, 6.45) is 0. The quantitative estimate of drug-likeness (QED) is 0.872. The van der Waals surface area contributed by atoms with Gasteiger partial charge in [-0.1, -0.05) is 12.1 Å². The number of carbonyl (C=O) groups is 1. The molecule has 0 saturated carbocycles. The molecule has 2 aromatic rings. The first-order chi connectivity index (χ1) is 9.97. The zero-order chi connectivity index (χ0) is 15.4. The average Bonchev–Trinajstić information content (AvgIpc) is 2.42. The van der Waals surface area contributed by atoms with E-state index < -0.39 is 29.8 Å². The topological polar surface area (TPSA) is 38.3 Å². The molecule has 0 heterocycles. The van der Waals surface area contributed by atoms with Gasteiger partial charge in [0.1, 0.15) is 17.4 Å². The number of para-hydroxylation sites is 1. The van der Waals surface area contributed by atoms with Crippen LogP contribution in [0.25, 0.3) is 0 Å². The van der Waals surface area contributed by atoms with E-state index in [9.17, 15) is 22.4 Å². The Labute approximate surface area is 117 Å². The van der Waals surface area contributed by atoms with Crippen LogP contribution >= 0.6 is 0 Å². The maximum atomic E-state index is 13.4. The minimum absolute atomic E-state index is 0.221. The lowest BCUT2D eigenvalue weighted by molar-refractivity contribution is -0.0501. The minimum atomic E-state index is -3.11. The molecule has 1 N–H and O–H groups in total. The molecule has 0 radical (unpaired) electrons. The fourth-order valence-electron chi connectivity index (χ4n) is 1.64. The smallest absolute Gasteiger partial charge is 0.387 e. The fraction of sp³-hybridized carbons (Fsp3) is 0.0714. The summed E-state index contributed by atoms with van der Waals surface area (Å²) in [5, 5.41) is 2.10. The van der Waals surface area contributed by atoms with Crippen LogP contribution in [0.1, 0.15) is 10.4 Å². The van der Waals surface area contributed by atoms with Gasteiger partial charge in [-0.2, -0.15) is 8.78 Å². The molecule has 21 heavy (non-hydrogen) atoms. The van der Waals surface area contributed by atoms with Crippen LogP contribution in [-0.2, 0) is 0 Å². The molecule has 1 amide bonds. The van der Waals surface area contributed by atoms with Crippen molar-refractivity contribution in [3.63, 3.8) is 0 Å². The van der Waals surface area contributed by atoms with Gasteiger partial charge in [0.15, 0.2) is 0 Å². The van der Waals surface area contributed by atoms with Gasteiger partial charge in [-0.05, 0) is 24.3 Å². The molecule has 0 aromatic heterocycles. The molecule has 2 rings (SSSR count). The molecular formula is C14H9F4NO2. The molecule has 0 atom stereocenters. The van der Waals surface area contributed by atoms with E-state index in [1.165, 1.54) is 24.3 Å². The Bertz CT molecular complexity index is 661.